The summed E-state index contributed by atoms with van der Waals surface area (Å²) in [6.07, 6.45) is 3.36. The first-order valence-corrected chi connectivity index (χ1v) is 7.28. The van der Waals surface area contributed by atoms with E-state index in [1.807, 2.05) is 0 Å². The number of ketones is 1. The fourth-order valence-corrected chi connectivity index (χ4v) is 2.37. The summed E-state index contributed by atoms with van der Waals surface area (Å²) in [6, 6.07) is 1.59. The zero-order chi connectivity index (χ0) is 14.0. The number of fused-ring (bicyclic) bond motifs is 1. The quantitative estimate of drug-likeness (QED) is 0.812. The Labute approximate surface area is 109 Å². The Morgan fingerprint density at radius 3 is 2.68 bits per heavy atom. The van der Waals surface area contributed by atoms with Crippen LogP contribution in [0, 0.1) is 0 Å². The van der Waals surface area contributed by atoms with Crippen LogP contribution in [0.1, 0.15) is 23.3 Å². The van der Waals surface area contributed by atoms with Gasteiger partial charge in [-0.3, -0.25) is 9.35 Å². The van der Waals surface area contributed by atoms with Gasteiger partial charge in [0, 0.05) is 11.1 Å². The molecular formula is C12H12O6S. The first-order valence-electron chi connectivity index (χ1n) is 5.67. The van der Waals surface area contributed by atoms with Crippen LogP contribution in [0.4, 0.5) is 0 Å². The summed E-state index contributed by atoms with van der Waals surface area (Å²) in [6.45, 7) is 0. The van der Waals surface area contributed by atoms with E-state index in [1.54, 1.807) is 12.1 Å². The van der Waals surface area contributed by atoms with Crippen molar-refractivity contribution in [2.45, 2.75) is 19.3 Å². The average Bonchev–Trinajstić information content (AvgIpc) is 2.28. The monoisotopic (exact) mass is 284 g/mol. The summed E-state index contributed by atoms with van der Waals surface area (Å²) in [5.41, 5.74) is 0.416. The Hall–Kier alpha value is -1.73. The summed E-state index contributed by atoms with van der Waals surface area (Å²) in [4.78, 5) is 22.8. The lowest BCUT2D eigenvalue weighted by molar-refractivity contribution is -0.114. The van der Waals surface area contributed by atoms with Gasteiger partial charge < -0.3 is 4.42 Å². The molecule has 0 saturated heterocycles. The molecule has 1 N–H and O–H groups in total. The number of allylic oxidation sites excluding steroid dienone is 1. The third kappa shape index (κ3) is 3.62. The molecule has 1 aromatic heterocycles. The SMILES string of the molecule is O=C1C=Cc2cc(CCCS(=O)(=O)O)c(=O)oc2C1. The lowest BCUT2D eigenvalue weighted by Crippen LogP contribution is -2.15. The minimum absolute atomic E-state index is 0.0619. The molecule has 0 aromatic carbocycles. The first kappa shape index (κ1) is 13.7. The van der Waals surface area contributed by atoms with Crippen LogP contribution in [0.2, 0.25) is 0 Å². The van der Waals surface area contributed by atoms with Crippen LogP contribution in [0.15, 0.2) is 21.4 Å². The Morgan fingerprint density at radius 1 is 1.26 bits per heavy atom. The van der Waals surface area contributed by atoms with Gasteiger partial charge in [0.25, 0.3) is 10.1 Å². The molecule has 0 radical (unpaired) electrons. The lowest BCUT2D eigenvalue weighted by atomic mass is 10.0. The topological polar surface area (TPSA) is 102 Å². The molecule has 6 nitrogen and oxygen atoms in total. The van der Waals surface area contributed by atoms with Crippen molar-refractivity contribution >= 4 is 22.0 Å². The van der Waals surface area contributed by atoms with Crippen LogP contribution >= 0.6 is 0 Å². The third-order valence-electron chi connectivity index (χ3n) is 2.76. The van der Waals surface area contributed by atoms with E-state index in [2.05, 4.69) is 0 Å². The van der Waals surface area contributed by atoms with Crippen LogP contribution < -0.4 is 5.63 Å². The van der Waals surface area contributed by atoms with Gasteiger partial charge in [-0.25, -0.2) is 4.79 Å². The van der Waals surface area contributed by atoms with Crippen molar-refractivity contribution in [2.75, 3.05) is 5.75 Å². The predicted octanol–water partition coefficient (Wildman–Crippen LogP) is 0.599. The molecule has 0 unspecified atom stereocenters. The summed E-state index contributed by atoms with van der Waals surface area (Å²) < 4.78 is 34.8. The minimum atomic E-state index is -4.02. The van der Waals surface area contributed by atoms with Gasteiger partial charge in [-0.2, -0.15) is 8.42 Å². The van der Waals surface area contributed by atoms with Crippen molar-refractivity contribution < 1.29 is 22.2 Å². The molecule has 0 saturated carbocycles. The molecule has 2 rings (SSSR count). The van der Waals surface area contributed by atoms with Gasteiger partial charge >= 0.3 is 5.63 Å². The number of hydrogen-bond acceptors (Lipinski definition) is 5. The van der Waals surface area contributed by atoms with Crippen LogP contribution in [0.25, 0.3) is 6.08 Å². The van der Waals surface area contributed by atoms with Crippen LogP contribution in [0.3, 0.4) is 0 Å². The van der Waals surface area contributed by atoms with E-state index in [-0.39, 0.29) is 25.0 Å². The van der Waals surface area contributed by atoms with Gasteiger partial charge in [0.2, 0.25) is 0 Å². The van der Waals surface area contributed by atoms with Gasteiger partial charge in [-0.05, 0) is 31.1 Å². The van der Waals surface area contributed by atoms with Crippen molar-refractivity contribution in [1.29, 1.82) is 0 Å². The second kappa shape index (κ2) is 5.10. The van der Waals surface area contributed by atoms with Crippen molar-refractivity contribution in [3.8, 4) is 0 Å². The number of carbonyl (C=O) groups excluding carboxylic acids is 1. The molecule has 1 heterocycles. The highest BCUT2D eigenvalue weighted by atomic mass is 32.2. The highest BCUT2D eigenvalue weighted by Gasteiger charge is 2.16. The summed E-state index contributed by atoms with van der Waals surface area (Å²) in [7, 11) is -4.02. The normalized spacial score (nSPS) is 14.5. The van der Waals surface area contributed by atoms with Gasteiger partial charge in [0.1, 0.15) is 5.76 Å². The Morgan fingerprint density at radius 2 is 2.00 bits per heavy atom. The van der Waals surface area contributed by atoms with Crippen molar-refractivity contribution in [1.82, 2.24) is 0 Å². The van der Waals surface area contributed by atoms with Gasteiger partial charge in [0.05, 0.1) is 12.2 Å². The van der Waals surface area contributed by atoms with E-state index in [1.165, 1.54) is 6.08 Å². The lowest BCUT2D eigenvalue weighted by Gasteiger charge is -2.09. The molecule has 102 valence electrons. The Bertz CT molecular complexity index is 695. The first-order chi connectivity index (χ1) is 8.85. The van der Waals surface area contributed by atoms with E-state index < -0.39 is 21.5 Å². The molecule has 0 spiro atoms. The van der Waals surface area contributed by atoms with E-state index in [0.29, 0.717) is 16.9 Å². The maximum Gasteiger partial charge on any atom is 0.339 e. The average molecular weight is 284 g/mol. The van der Waals surface area contributed by atoms with E-state index in [0.717, 1.165) is 0 Å². The molecule has 19 heavy (non-hydrogen) atoms. The second-order valence-corrected chi connectivity index (χ2v) is 5.88. The highest BCUT2D eigenvalue weighted by molar-refractivity contribution is 7.85. The van der Waals surface area contributed by atoms with Crippen molar-refractivity contribution in [2.24, 2.45) is 0 Å². The third-order valence-corrected chi connectivity index (χ3v) is 3.57. The van der Waals surface area contributed by atoms with Crippen LogP contribution in [0.5, 0.6) is 0 Å². The summed E-state index contributed by atoms with van der Waals surface area (Å²) >= 11 is 0. The number of hydrogen-bond donors (Lipinski definition) is 1. The van der Waals surface area contributed by atoms with Gasteiger partial charge in [0.15, 0.2) is 5.78 Å². The number of rotatable bonds is 4. The maximum atomic E-state index is 11.6. The van der Waals surface area contributed by atoms with Crippen molar-refractivity contribution in [3.05, 3.63) is 39.4 Å². The standard InChI is InChI=1S/C12H12O6S/c13-10-4-3-8-6-9(2-1-5-19(15,16)17)12(14)18-11(8)7-10/h3-4,6H,1-2,5,7H2,(H,15,16,17). The molecule has 0 fully saturated rings. The largest absolute Gasteiger partial charge is 0.427 e. The molecule has 1 aromatic rings. The van der Waals surface area contributed by atoms with Gasteiger partial charge in [-0.1, -0.05) is 0 Å². The van der Waals surface area contributed by atoms with E-state index >= 15 is 0 Å². The summed E-state index contributed by atoms with van der Waals surface area (Å²) in [5, 5.41) is 0. The fraction of sp³-hybridized carbons (Fsp3) is 0.333. The number of carbonyl (C=O) groups is 1. The molecule has 0 amide bonds. The second-order valence-electron chi connectivity index (χ2n) is 4.30. The van der Waals surface area contributed by atoms with E-state index in [4.69, 9.17) is 8.97 Å². The summed E-state index contributed by atoms with van der Waals surface area (Å²) in [5.74, 6) is -0.205. The van der Waals surface area contributed by atoms with Gasteiger partial charge in [-0.15, -0.1) is 0 Å². The van der Waals surface area contributed by atoms with Crippen LogP contribution in [-0.4, -0.2) is 24.5 Å². The zero-order valence-corrected chi connectivity index (χ0v) is 10.8. The smallest absolute Gasteiger partial charge is 0.339 e. The Balaban J connectivity index is 2.18. The minimum Gasteiger partial charge on any atom is -0.427 e. The Kier molecular flexibility index (Phi) is 3.68. The molecule has 1 aliphatic carbocycles. The zero-order valence-electron chi connectivity index (χ0n) is 9.96. The molecule has 7 heteroatoms. The molecular weight excluding hydrogens is 272 g/mol. The van der Waals surface area contributed by atoms with Crippen molar-refractivity contribution in [3.63, 3.8) is 0 Å². The molecule has 0 aliphatic heterocycles. The molecule has 1 aliphatic rings. The molecule has 0 atom stereocenters. The maximum absolute atomic E-state index is 11.6. The highest BCUT2D eigenvalue weighted by Crippen LogP contribution is 2.17. The van der Waals surface area contributed by atoms with Crippen LogP contribution in [-0.2, 0) is 27.8 Å². The predicted molar refractivity (Wildman–Crippen MR) is 67.5 cm³/mol. The fourth-order valence-electron chi connectivity index (χ4n) is 1.86. The van der Waals surface area contributed by atoms with E-state index in [9.17, 15) is 18.0 Å². The molecule has 0 bridgehead atoms. The number of aryl methyl sites for hydroxylation is 1.